The Labute approximate surface area is 153 Å². The molecule has 2 rings (SSSR count). The van der Waals surface area contributed by atoms with E-state index in [0.29, 0.717) is 5.56 Å². The molecule has 7 nitrogen and oxygen atoms in total. The van der Waals surface area contributed by atoms with Crippen LogP contribution in [-0.2, 0) is 34.4 Å². The highest BCUT2D eigenvalue weighted by Crippen LogP contribution is 2.26. The molecule has 0 radical (unpaired) electrons. The Morgan fingerprint density at radius 1 is 0.923 bits per heavy atom. The fourth-order valence-electron chi connectivity index (χ4n) is 2.16. The van der Waals surface area contributed by atoms with Gasteiger partial charge in [0.15, 0.2) is 0 Å². The van der Waals surface area contributed by atoms with E-state index in [1.165, 1.54) is 12.1 Å². The summed E-state index contributed by atoms with van der Waals surface area (Å²) in [5, 5.41) is 0. The molecule has 2 aromatic rings. The third kappa shape index (κ3) is 5.80. The van der Waals surface area contributed by atoms with Crippen molar-refractivity contribution in [2.24, 2.45) is 0 Å². The lowest BCUT2D eigenvalue weighted by Gasteiger charge is -2.12. The zero-order chi connectivity index (χ0) is 19.2. The Morgan fingerprint density at radius 2 is 1.62 bits per heavy atom. The van der Waals surface area contributed by atoms with E-state index < -0.39 is 20.2 Å². The van der Waals surface area contributed by atoms with Crippen LogP contribution in [0.2, 0.25) is 0 Å². The first-order valence-corrected chi connectivity index (χ1v) is 10.7. The topological polar surface area (TPSA) is 96.0 Å². The minimum absolute atomic E-state index is 0.0795. The van der Waals surface area contributed by atoms with E-state index in [1.54, 1.807) is 43.3 Å². The van der Waals surface area contributed by atoms with Gasteiger partial charge >= 0.3 is 0 Å². The summed E-state index contributed by atoms with van der Waals surface area (Å²) in [4.78, 5) is -0.127. The molecule has 0 bridgehead atoms. The summed E-state index contributed by atoms with van der Waals surface area (Å²) in [6.07, 6.45) is 0. The number of hydrogen-bond donors (Lipinski definition) is 0. The normalized spacial score (nSPS) is 12.1. The Bertz CT molecular complexity index is 936. The predicted molar refractivity (Wildman–Crippen MR) is 95.9 cm³/mol. The summed E-state index contributed by atoms with van der Waals surface area (Å²) in [5.74, 6) is -0.169. The van der Waals surface area contributed by atoms with Gasteiger partial charge in [-0.25, -0.2) is 0 Å². The van der Waals surface area contributed by atoms with Crippen molar-refractivity contribution >= 4 is 20.2 Å². The molecule has 9 heteroatoms. The van der Waals surface area contributed by atoms with Crippen LogP contribution >= 0.6 is 0 Å². The first-order valence-electron chi connectivity index (χ1n) is 7.68. The van der Waals surface area contributed by atoms with E-state index in [-0.39, 0.29) is 29.6 Å². The van der Waals surface area contributed by atoms with Gasteiger partial charge < -0.3 is 4.74 Å². The molecule has 0 fully saturated rings. The standard InChI is InChI=1S/C17H20O7S2/c1-14-8-9-17(26(20,21)22-2)16(12-14)23-10-11-24-25(18,19)13-15-6-4-3-5-7-15/h3-9,12H,10-11,13H2,1-2H3. The third-order valence-electron chi connectivity index (χ3n) is 3.38. The number of benzene rings is 2. The lowest BCUT2D eigenvalue weighted by molar-refractivity contribution is 0.216. The fraction of sp³-hybridized carbons (Fsp3) is 0.294. The van der Waals surface area contributed by atoms with Crippen molar-refractivity contribution in [2.75, 3.05) is 20.3 Å². The van der Waals surface area contributed by atoms with E-state index in [4.69, 9.17) is 8.92 Å². The quantitative estimate of drug-likeness (QED) is 0.470. The summed E-state index contributed by atoms with van der Waals surface area (Å²) in [7, 11) is -6.65. The number of ether oxygens (including phenoxy) is 1. The average molecular weight is 400 g/mol. The lowest BCUT2D eigenvalue weighted by Crippen LogP contribution is -2.15. The van der Waals surface area contributed by atoms with Crippen molar-refractivity contribution in [3.8, 4) is 5.75 Å². The molecule has 0 atom stereocenters. The van der Waals surface area contributed by atoms with Crippen molar-refractivity contribution in [3.63, 3.8) is 0 Å². The van der Waals surface area contributed by atoms with E-state index >= 15 is 0 Å². The zero-order valence-corrected chi connectivity index (χ0v) is 16.0. The first-order chi connectivity index (χ1) is 12.2. The molecule has 0 heterocycles. The maximum Gasteiger partial charge on any atom is 0.300 e. The van der Waals surface area contributed by atoms with Crippen LogP contribution < -0.4 is 4.74 Å². The highest BCUT2D eigenvalue weighted by Gasteiger charge is 2.20. The Morgan fingerprint density at radius 3 is 2.27 bits per heavy atom. The first kappa shape index (κ1) is 20.4. The second kappa shape index (κ2) is 8.63. The maximum absolute atomic E-state index is 11.9. The monoisotopic (exact) mass is 400 g/mol. The SMILES string of the molecule is COS(=O)(=O)c1ccc(C)cc1OCCOS(=O)(=O)Cc1ccccc1. The van der Waals surface area contributed by atoms with Crippen molar-refractivity contribution in [1.82, 2.24) is 0 Å². The van der Waals surface area contributed by atoms with E-state index in [1.807, 2.05) is 0 Å². The molecule has 0 saturated carbocycles. The summed E-state index contributed by atoms with van der Waals surface area (Å²) < 4.78 is 62.5. The van der Waals surface area contributed by atoms with Crippen LogP contribution in [0.1, 0.15) is 11.1 Å². The fourth-order valence-corrected chi connectivity index (χ4v) is 3.94. The van der Waals surface area contributed by atoms with Gasteiger partial charge in [-0.15, -0.1) is 0 Å². The molecular formula is C17H20O7S2. The molecule has 0 unspecified atom stereocenters. The van der Waals surface area contributed by atoms with Gasteiger partial charge in [0.2, 0.25) is 0 Å². The summed E-state index contributed by atoms with van der Waals surface area (Å²) in [6, 6.07) is 13.2. The van der Waals surface area contributed by atoms with Crippen LogP contribution in [0, 0.1) is 6.92 Å². The van der Waals surface area contributed by atoms with Gasteiger partial charge in [-0.2, -0.15) is 16.8 Å². The van der Waals surface area contributed by atoms with Gasteiger partial charge in [-0.1, -0.05) is 36.4 Å². The molecular weight excluding hydrogens is 380 g/mol. The number of hydrogen-bond acceptors (Lipinski definition) is 7. The minimum Gasteiger partial charge on any atom is -0.490 e. The van der Waals surface area contributed by atoms with Gasteiger partial charge in [0.25, 0.3) is 20.2 Å². The predicted octanol–water partition coefficient (Wildman–Crippen LogP) is 2.26. The zero-order valence-electron chi connectivity index (χ0n) is 14.4. The second-order valence-electron chi connectivity index (χ2n) is 5.43. The smallest absolute Gasteiger partial charge is 0.300 e. The van der Waals surface area contributed by atoms with E-state index in [2.05, 4.69) is 4.18 Å². The van der Waals surface area contributed by atoms with E-state index in [9.17, 15) is 16.8 Å². The van der Waals surface area contributed by atoms with Gasteiger partial charge in [-0.05, 0) is 30.2 Å². The highest BCUT2D eigenvalue weighted by atomic mass is 32.2. The van der Waals surface area contributed by atoms with Crippen LogP contribution in [0.5, 0.6) is 5.75 Å². The third-order valence-corrected chi connectivity index (χ3v) is 5.91. The molecule has 0 aromatic heterocycles. The number of aryl methyl sites for hydroxylation is 1. The van der Waals surface area contributed by atoms with Crippen molar-refractivity contribution < 1.29 is 29.9 Å². The molecule has 0 spiro atoms. The summed E-state index contributed by atoms with van der Waals surface area (Å²) in [6.45, 7) is 1.40. The molecule has 26 heavy (non-hydrogen) atoms. The van der Waals surface area contributed by atoms with Crippen LogP contribution in [0.25, 0.3) is 0 Å². The molecule has 0 aliphatic heterocycles. The van der Waals surface area contributed by atoms with Gasteiger partial charge in [0.1, 0.15) is 29.6 Å². The molecule has 2 aromatic carbocycles. The second-order valence-corrected chi connectivity index (χ2v) is 8.75. The molecule has 0 aliphatic carbocycles. The lowest BCUT2D eigenvalue weighted by atomic mass is 10.2. The van der Waals surface area contributed by atoms with Crippen LogP contribution in [-0.4, -0.2) is 37.2 Å². The van der Waals surface area contributed by atoms with Gasteiger partial charge in [0, 0.05) is 0 Å². The van der Waals surface area contributed by atoms with Crippen molar-refractivity contribution in [3.05, 3.63) is 59.7 Å². The summed E-state index contributed by atoms with van der Waals surface area (Å²) in [5.41, 5.74) is 1.40. The van der Waals surface area contributed by atoms with Crippen molar-refractivity contribution in [1.29, 1.82) is 0 Å². The van der Waals surface area contributed by atoms with Crippen LogP contribution in [0.3, 0.4) is 0 Å². The average Bonchev–Trinajstić information content (AvgIpc) is 2.59. The Kier molecular flexibility index (Phi) is 6.76. The van der Waals surface area contributed by atoms with Crippen LogP contribution in [0.15, 0.2) is 53.4 Å². The Hall–Kier alpha value is -1.94. The number of rotatable bonds is 9. The van der Waals surface area contributed by atoms with Crippen molar-refractivity contribution in [2.45, 2.75) is 17.6 Å². The molecule has 142 valence electrons. The Balaban J connectivity index is 1.97. The highest BCUT2D eigenvalue weighted by molar-refractivity contribution is 7.87. The van der Waals surface area contributed by atoms with Crippen LogP contribution in [0.4, 0.5) is 0 Å². The maximum atomic E-state index is 11.9. The molecule has 0 saturated heterocycles. The molecule has 0 amide bonds. The summed E-state index contributed by atoms with van der Waals surface area (Å²) >= 11 is 0. The van der Waals surface area contributed by atoms with Gasteiger partial charge in [-0.3, -0.25) is 8.37 Å². The van der Waals surface area contributed by atoms with Gasteiger partial charge in [0.05, 0.1) is 7.11 Å². The largest absolute Gasteiger partial charge is 0.490 e. The minimum atomic E-state index is -3.94. The molecule has 0 N–H and O–H groups in total. The van der Waals surface area contributed by atoms with E-state index in [0.717, 1.165) is 12.7 Å². The molecule has 0 aliphatic rings.